The molecule has 5 heteroatoms. The number of thioether (sulfide) groups is 1. The maximum absolute atomic E-state index is 12.8. The standard InChI is InChI=1S/C22H24N2O2S/c1-16-8-5-6-12-19(16)23-13-7-11-18(23)14-20-21(25)24(22(26)27-20)15-17-9-3-2-4-10-17/h5-8,11-14,17H,2-4,9-10,15H2,1H3/b20-14+. The van der Waals surface area contributed by atoms with Gasteiger partial charge in [0.1, 0.15) is 0 Å². The Hall–Kier alpha value is -2.27. The molecule has 4 nitrogen and oxygen atoms in total. The van der Waals surface area contributed by atoms with Gasteiger partial charge >= 0.3 is 0 Å². The van der Waals surface area contributed by atoms with E-state index in [-0.39, 0.29) is 11.1 Å². The van der Waals surface area contributed by atoms with Crippen molar-refractivity contribution in [2.45, 2.75) is 39.0 Å². The van der Waals surface area contributed by atoms with Crippen LogP contribution in [0.5, 0.6) is 0 Å². The molecule has 140 valence electrons. The lowest BCUT2D eigenvalue weighted by molar-refractivity contribution is -0.123. The van der Waals surface area contributed by atoms with Crippen LogP contribution in [0.3, 0.4) is 0 Å². The number of para-hydroxylation sites is 1. The van der Waals surface area contributed by atoms with E-state index in [1.807, 2.05) is 36.5 Å². The first-order valence-corrected chi connectivity index (χ1v) is 10.4. The summed E-state index contributed by atoms with van der Waals surface area (Å²) in [7, 11) is 0. The highest BCUT2D eigenvalue weighted by atomic mass is 32.2. The Morgan fingerprint density at radius 3 is 2.63 bits per heavy atom. The van der Waals surface area contributed by atoms with E-state index in [9.17, 15) is 9.59 Å². The third-order valence-corrected chi connectivity index (χ3v) is 6.38. The zero-order chi connectivity index (χ0) is 18.8. The van der Waals surface area contributed by atoms with Gasteiger partial charge in [-0.2, -0.15) is 0 Å². The van der Waals surface area contributed by atoms with Crippen molar-refractivity contribution in [3.05, 3.63) is 58.8 Å². The van der Waals surface area contributed by atoms with Crippen LogP contribution < -0.4 is 0 Å². The lowest BCUT2D eigenvalue weighted by Gasteiger charge is -2.25. The molecule has 2 amide bonds. The molecule has 2 fully saturated rings. The Kier molecular flexibility index (Phi) is 5.21. The van der Waals surface area contributed by atoms with Gasteiger partial charge < -0.3 is 4.57 Å². The molecule has 1 aromatic carbocycles. The van der Waals surface area contributed by atoms with Crippen LogP contribution in [0, 0.1) is 12.8 Å². The van der Waals surface area contributed by atoms with E-state index in [4.69, 9.17) is 0 Å². The number of carbonyl (C=O) groups excluding carboxylic acids is 2. The molecule has 1 aromatic heterocycles. The molecule has 1 aliphatic carbocycles. The van der Waals surface area contributed by atoms with E-state index in [1.54, 1.807) is 0 Å². The van der Waals surface area contributed by atoms with E-state index in [0.29, 0.717) is 17.4 Å². The lowest BCUT2D eigenvalue weighted by atomic mass is 9.89. The fourth-order valence-corrected chi connectivity index (χ4v) is 4.82. The largest absolute Gasteiger partial charge is 0.317 e. The van der Waals surface area contributed by atoms with Gasteiger partial charge in [0, 0.05) is 24.1 Å². The highest BCUT2D eigenvalue weighted by Gasteiger charge is 2.36. The van der Waals surface area contributed by atoms with E-state index >= 15 is 0 Å². The van der Waals surface area contributed by atoms with Crippen LogP contribution in [0.15, 0.2) is 47.5 Å². The van der Waals surface area contributed by atoms with Crippen molar-refractivity contribution < 1.29 is 9.59 Å². The molecule has 27 heavy (non-hydrogen) atoms. The summed E-state index contributed by atoms with van der Waals surface area (Å²) in [5.74, 6) is 0.315. The van der Waals surface area contributed by atoms with Gasteiger partial charge in [0.15, 0.2) is 0 Å². The van der Waals surface area contributed by atoms with E-state index < -0.39 is 0 Å². The zero-order valence-corrected chi connectivity index (χ0v) is 16.4. The number of aryl methyl sites for hydroxylation is 1. The van der Waals surface area contributed by atoms with Gasteiger partial charge in [-0.05, 0) is 67.3 Å². The molecule has 0 spiro atoms. The predicted molar refractivity (Wildman–Crippen MR) is 110 cm³/mol. The minimum absolute atomic E-state index is 0.133. The van der Waals surface area contributed by atoms with Crippen molar-refractivity contribution in [3.8, 4) is 5.69 Å². The highest BCUT2D eigenvalue weighted by molar-refractivity contribution is 8.18. The number of hydrogen-bond acceptors (Lipinski definition) is 3. The van der Waals surface area contributed by atoms with Crippen LogP contribution in [0.4, 0.5) is 4.79 Å². The molecule has 0 bridgehead atoms. The van der Waals surface area contributed by atoms with Crippen molar-refractivity contribution >= 4 is 29.0 Å². The number of imide groups is 1. The van der Waals surface area contributed by atoms with Gasteiger partial charge in [0.05, 0.1) is 4.91 Å². The molecule has 0 N–H and O–H groups in total. The molecule has 2 heterocycles. The molecular weight excluding hydrogens is 356 g/mol. The molecule has 1 aliphatic heterocycles. The smallest absolute Gasteiger partial charge is 0.293 e. The molecule has 4 rings (SSSR count). The summed E-state index contributed by atoms with van der Waals surface area (Å²) in [6.45, 7) is 2.64. The second-order valence-corrected chi connectivity index (χ2v) is 8.38. The van der Waals surface area contributed by atoms with Crippen LogP contribution in [0.1, 0.15) is 43.4 Å². The van der Waals surface area contributed by atoms with Crippen LogP contribution in [-0.4, -0.2) is 27.2 Å². The summed E-state index contributed by atoms with van der Waals surface area (Å²) in [5.41, 5.74) is 3.15. The van der Waals surface area contributed by atoms with Crippen molar-refractivity contribution in [2.24, 2.45) is 5.92 Å². The summed E-state index contributed by atoms with van der Waals surface area (Å²) in [5, 5.41) is -0.133. The maximum Gasteiger partial charge on any atom is 0.293 e. The third-order valence-electron chi connectivity index (χ3n) is 5.47. The fourth-order valence-electron chi connectivity index (χ4n) is 3.98. The minimum Gasteiger partial charge on any atom is -0.317 e. The molecular formula is C22H24N2O2S. The number of benzene rings is 1. The molecule has 1 saturated heterocycles. The number of amides is 2. The van der Waals surface area contributed by atoms with Gasteiger partial charge in [0.2, 0.25) is 0 Å². The maximum atomic E-state index is 12.8. The summed E-state index contributed by atoms with van der Waals surface area (Å²) < 4.78 is 2.06. The van der Waals surface area contributed by atoms with Gasteiger partial charge in [-0.3, -0.25) is 14.5 Å². The van der Waals surface area contributed by atoms with Gasteiger partial charge in [-0.1, -0.05) is 37.5 Å². The molecule has 2 aliphatic rings. The lowest BCUT2D eigenvalue weighted by Crippen LogP contribution is -2.34. The number of aromatic nitrogens is 1. The Morgan fingerprint density at radius 2 is 1.85 bits per heavy atom. The topological polar surface area (TPSA) is 42.3 Å². The SMILES string of the molecule is Cc1ccccc1-n1cccc1/C=C1/SC(=O)N(CC2CCCCC2)C1=O. The van der Waals surface area contributed by atoms with Crippen molar-refractivity contribution in [1.82, 2.24) is 9.47 Å². The van der Waals surface area contributed by atoms with Gasteiger partial charge in [-0.15, -0.1) is 0 Å². The third kappa shape index (κ3) is 3.74. The number of hydrogen-bond donors (Lipinski definition) is 0. The highest BCUT2D eigenvalue weighted by Crippen LogP contribution is 2.35. The molecule has 0 radical (unpaired) electrons. The summed E-state index contributed by atoms with van der Waals surface area (Å²) in [6, 6.07) is 12.1. The predicted octanol–water partition coefficient (Wildman–Crippen LogP) is 5.40. The van der Waals surface area contributed by atoms with Crippen LogP contribution in [-0.2, 0) is 4.79 Å². The van der Waals surface area contributed by atoms with E-state index in [0.717, 1.165) is 41.5 Å². The second-order valence-electron chi connectivity index (χ2n) is 7.39. The zero-order valence-electron chi connectivity index (χ0n) is 15.6. The summed E-state index contributed by atoms with van der Waals surface area (Å²) >= 11 is 1.06. The fraction of sp³-hybridized carbons (Fsp3) is 0.364. The quantitative estimate of drug-likeness (QED) is 0.667. The molecule has 2 aromatic rings. The first-order valence-electron chi connectivity index (χ1n) is 9.62. The average Bonchev–Trinajstić information content (AvgIpc) is 3.23. The minimum atomic E-state index is -0.145. The Balaban J connectivity index is 1.57. The van der Waals surface area contributed by atoms with Crippen LogP contribution in [0.2, 0.25) is 0 Å². The Morgan fingerprint density at radius 1 is 1.07 bits per heavy atom. The van der Waals surface area contributed by atoms with Gasteiger partial charge in [0.25, 0.3) is 11.1 Å². The summed E-state index contributed by atoms with van der Waals surface area (Å²) in [6.07, 6.45) is 9.77. The normalized spacial score (nSPS) is 20.0. The molecule has 0 atom stereocenters. The van der Waals surface area contributed by atoms with Crippen LogP contribution >= 0.6 is 11.8 Å². The molecule has 0 unspecified atom stereocenters. The number of nitrogens with zero attached hydrogens (tertiary/aromatic N) is 2. The van der Waals surface area contributed by atoms with Crippen molar-refractivity contribution in [1.29, 1.82) is 0 Å². The number of rotatable bonds is 4. The second kappa shape index (κ2) is 7.77. The number of carbonyl (C=O) groups is 2. The first-order chi connectivity index (χ1) is 13.1. The van der Waals surface area contributed by atoms with Crippen molar-refractivity contribution in [3.63, 3.8) is 0 Å². The van der Waals surface area contributed by atoms with Gasteiger partial charge in [-0.25, -0.2) is 0 Å². The summed E-state index contributed by atoms with van der Waals surface area (Å²) in [4.78, 5) is 27.2. The van der Waals surface area contributed by atoms with E-state index in [2.05, 4.69) is 23.6 Å². The Labute approximate surface area is 164 Å². The molecule has 1 saturated carbocycles. The monoisotopic (exact) mass is 380 g/mol. The van der Waals surface area contributed by atoms with Crippen LogP contribution in [0.25, 0.3) is 11.8 Å². The van der Waals surface area contributed by atoms with Crippen molar-refractivity contribution in [2.75, 3.05) is 6.54 Å². The van der Waals surface area contributed by atoms with E-state index in [1.165, 1.54) is 24.2 Å². The first kappa shape index (κ1) is 18.1. The average molecular weight is 381 g/mol. The Bertz CT molecular complexity index is 893.